The summed E-state index contributed by atoms with van der Waals surface area (Å²) in [5.74, 6) is 1.01. The summed E-state index contributed by atoms with van der Waals surface area (Å²) in [5, 5.41) is 0. The van der Waals surface area contributed by atoms with Crippen molar-refractivity contribution in [2.75, 3.05) is 22.0 Å². The zero-order valence-electron chi connectivity index (χ0n) is 17.4. The van der Waals surface area contributed by atoms with Crippen LogP contribution in [0.3, 0.4) is 0 Å². The van der Waals surface area contributed by atoms with E-state index >= 15 is 0 Å². The van der Waals surface area contributed by atoms with Crippen molar-refractivity contribution in [2.24, 2.45) is 0 Å². The molecule has 6 nitrogen and oxygen atoms in total. The average molecular weight is 437 g/mol. The Labute approximate surface area is 182 Å². The first-order chi connectivity index (χ1) is 14.8. The van der Waals surface area contributed by atoms with Crippen molar-refractivity contribution in [3.8, 4) is 11.5 Å². The summed E-state index contributed by atoms with van der Waals surface area (Å²) in [5.41, 5.74) is 2.35. The Bertz CT molecular complexity index is 1180. The highest BCUT2D eigenvalue weighted by Crippen LogP contribution is 2.32. The van der Waals surface area contributed by atoms with E-state index in [2.05, 4.69) is 0 Å². The fraction of sp³-hybridized carbons (Fsp3) is 0.208. The molecule has 0 spiro atoms. The predicted molar refractivity (Wildman–Crippen MR) is 122 cm³/mol. The van der Waals surface area contributed by atoms with Gasteiger partial charge in [-0.2, -0.15) is 0 Å². The average Bonchev–Trinajstić information content (AvgIpc) is 3.08. The van der Waals surface area contributed by atoms with Gasteiger partial charge in [0, 0.05) is 11.7 Å². The van der Waals surface area contributed by atoms with Gasteiger partial charge in [0.25, 0.3) is 0 Å². The van der Waals surface area contributed by atoms with Gasteiger partial charge in [0.1, 0.15) is 18.0 Å². The van der Waals surface area contributed by atoms with Crippen LogP contribution in [0.1, 0.15) is 12.5 Å². The third kappa shape index (κ3) is 4.56. The van der Waals surface area contributed by atoms with Crippen LogP contribution in [0.4, 0.5) is 11.4 Å². The van der Waals surface area contributed by atoms with E-state index in [0.29, 0.717) is 17.2 Å². The molecule has 0 saturated carbocycles. The lowest BCUT2D eigenvalue weighted by Crippen LogP contribution is -2.45. The van der Waals surface area contributed by atoms with Crippen LogP contribution in [0, 0.1) is 0 Å². The van der Waals surface area contributed by atoms with Crippen molar-refractivity contribution in [3.63, 3.8) is 0 Å². The Morgan fingerprint density at radius 3 is 2.26 bits per heavy atom. The second-order valence-electron chi connectivity index (χ2n) is 7.62. The number of nitrogens with zero attached hydrogens (tertiary/aromatic N) is 2. The zero-order valence-corrected chi connectivity index (χ0v) is 18.2. The molecule has 0 fully saturated rings. The van der Waals surface area contributed by atoms with Crippen molar-refractivity contribution in [3.05, 3.63) is 84.4 Å². The highest BCUT2D eigenvalue weighted by Gasteiger charge is 2.33. The van der Waals surface area contributed by atoms with E-state index < -0.39 is 10.0 Å². The largest absolute Gasteiger partial charge is 0.457 e. The van der Waals surface area contributed by atoms with Gasteiger partial charge in [-0.05, 0) is 61.4 Å². The normalized spacial score (nSPS) is 15.4. The molecule has 0 aromatic heterocycles. The molecule has 1 unspecified atom stereocenters. The van der Waals surface area contributed by atoms with E-state index in [9.17, 15) is 13.2 Å². The van der Waals surface area contributed by atoms with Crippen LogP contribution in [0.2, 0.25) is 0 Å². The zero-order chi connectivity index (χ0) is 22.0. The Kier molecular flexibility index (Phi) is 5.69. The van der Waals surface area contributed by atoms with E-state index in [1.807, 2.05) is 61.5 Å². The van der Waals surface area contributed by atoms with Gasteiger partial charge in [0.15, 0.2) is 0 Å². The minimum atomic E-state index is -3.66. The summed E-state index contributed by atoms with van der Waals surface area (Å²) in [7, 11) is -3.66. The first-order valence-electron chi connectivity index (χ1n) is 10.0. The van der Waals surface area contributed by atoms with Gasteiger partial charge in [-0.3, -0.25) is 9.10 Å². The van der Waals surface area contributed by atoms with Gasteiger partial charge in [-0.1, -0.05) is 36.4 Å². The van der Waals surface area contributed by atoms with Crippen LogP contribution in [-0.4, -0.2) is 33.2 Å². The molecule has 1 aliphatic rings. The van der Waals surface area contributed by atoms with Crippen molar-refractivity contribution in [2.45, 2.75) is 19.4 Å². The minimum Gasteiger partial charge on any atom is -0.457 e. The van der Waals surface area contributed by atoms with E-state index in [1.165, 1.54) is 0 Å². The quantitative estimate of drug-likeness (QED) is 0.580. The number of benzene rings is 3. The third-order valence-electron chi connectivity index (χ3n) is 5.26. The second-order valence-corrected chi connectivity index (χ2v) is 9.53. The fourth-order valence-electron chi connectivity index (χ4n) is 3.85. The van der Waals surface area contributed by atoms with Gasteiger partial charge in [-0.15, -0.1) is 0 Å². The van der Waals surface area contributed by atoms with Crippen molar-refractivity contribution < 1.29 is 17.9 Å². The highest BCUT2D eigenvalue weighted by atomic mass is 32.2. The molecule has 0 N–H and O–H groups in total. The van der Waals surface area contributed by atoms with E-state index in [-0.39, 0.29) is 18.5 Å². The summed E-state index contributed by atoms with van der Waals surface area (Å²) in [4.78, 5) is 14.8. The molecule has 7 heteroatoms. The first-order valence-corrected chi connectivity index (χ1v) is 11.9. The highest BCUT2D eigenvalue weighted by molar-refractivity contribution is 7.92. The number of para-hydroxylation sites is 2. The number of anilines is 2. The maximum Gasteiger partial charge on any atom is 0.248 e. The molecule has 1 amide bonds. The molecule has 1 heterocycles. The molecular weight excluding hydrogens is 412 g/mol. The Morgan fingerprint density at radius 2 is 1.58 bits per heavy atom. The molecular formula is C24H24N2O4S. The molecule has 160 valence electrons. The van der Waals surface area contributed by atoms with Gasteiger partial charge in [0.05, 0.1) is 11.9 Å². The van der Waals surface area contributed by atoms with Crippen LogP contribution in [0.15, 0.2) is 78.9 Å². The van der Waals surface area contributed by atoms with Crippen LogP contribution < -0.4 is 13.9 Å². The molecule has 1 aliphatic heterocycles. The van der Waals surface area contributed by atoms with Crippen molar-refractivity contribution >= 4 is 27.3 Å². The lowest BCUT2D eigenvalue weighted by Gasteiger charge is -2.28. The molecule has 0 radical (unpaired) electrons. The summed E-state index contributed by atoms with van der Waals surface area (Å²) < 4.78 is 31.9. The van der Waals surface area contributed by atoms with E-state index in [0.717, 1.165) is 28.2 Å². The summed E-state index contributed by atoms with van der Waals surface area (Å²) in [6.45, 7) is 1.70. The topological polar surface area (TPSA) is 66.9 Å². The van der Waals surface area contributed by atoms with E-state index in [4.69, 9.17) is 4.74 Å². The monoisotopic (exact) mass is 436 g/mol. The molecule has 0 bridgehead atoms. The van der Waals surface area contributed by atoms with Gasteiger partial charge < -0.3 is 9.64 Å². The number of carbonyl (C=O) groups excluding carboxylic acids is 1. The lowest BCUT2D eigenvalue weighted by atomic mass is 10.1. The number of amides is 1. The number of sulfonamides is 1. The van der Waals surface area contributed by atoms with E-state index in [1.54, 1.807) is 29.2 Å². The standard InChI is InChI=1S/C24H24N2O4S/c1-18-16-19-8-6-7-11-23(19)26(18)24(27)17-25(31(2,28)29)20-12-14-22(15-13-20)30-21-9-4-3-5-10-21/h3-15,18H,16-17H2,1-2H3. The summed E-state index contributed by atoms with van der Waals surface area (Å²) >= 11 is 0. The number of hydrogen-bond donors (Lipinski definition) is 0. The van der Waals surface area contributed by atoms with Gasteiger partial charge >= 0.3 is 0 Å². The number of ether oxygens (including phenoxy) is 1. The number of hydrogen-bond acceptors (Lipinski definition) is 4. The van der Waals surface area contributed by atoms with Crippen molar-refractivity contribution in [1.82, 2.24) is 0 Å². The maximum atomic E-state index is 13.2. The predicted octanol–water partition coefficient (Wildman–Crippen LogP) is 4.22. The minimum absolute atomic E-state index is 0.0204. The second kappa shape index (κ2) is 8.43. The summed E-state index contributed by atoms with van der Waals surface area (Å²) in [6, 6.07) is 23.7. The molecule has 3 aromatic carbocycles. The molecule has 31 heavy (non-hydrogen) atoms. The lowest BCUT2D eigenvalue weighted by molar-refractivity contribution is -0.117. The maximum absolute atomic E-state index is 13.2. The molecule has 0 aliphatic carbocycles. The Hall–Kier alpha value is -3.32. The van der Waals surface area contributed by atoms with Crippen LogP contribution in [0.5, 0.6) is 11.5 Å². The summed E-state index contributed by atoms with van der Waals surface area (Å²) in [6.07, 6.45) is 1.86. The molecule has 4 rings (SSSR count). The Balaban J connectivity index is 1.55. The van der Waals surface area contributed by atoms with Crippen LogP contribution >= 0.6 is 0 Å². The smallest absolute Gasteiger partial charge is 0.248 e. The SMILES string of the molecule is CC1Cc2ccccc2N1C(=O)CN(c1ccc(Oc2ccccc2)cc1)S(C)(=O)=O. The van der Waals surface area contributed by atoms with Crippen LogP contribution in [-0.2, 0) is 21.2 Å². The molecule has 1 atom stereocenters. The number of rotatable bonds is 6. The number of carbonyl (C=O) groups is 1. The van der Waals surface area contributed by atoms with Crippen molar-refractivity contribution in [1.29, 1.82) is 0 Å². The number of fused-ring (bicyclic) bond motifs is 1. The fourth-order valence-corrected chi connectivity index (χ4v) is 4.70. The van der Waals surface area contributed by atoms with Gasteiger partial charge in [0.2, 0.25) is 15.9 Å². The first kappa shape index (κ1) is 20.9. The molecule has 0 saturated heterocycles. The third-order valence-corrected chi connectivity index (χ3v) is 6.40. The van der Waals surface area contributed by atoms with Gasteiger partial charge in [-0.25, -0.2) is 8.42 Å². The molecule has 3 aromatic rings. The van der Waals surface area contributed by atoms with Crippen LogP contribution in [0.25, 0.3) is 0 Å². The Morgan fingerprint density at radius 1 is 0.968 bits per heavy atom.